The number of aromatic nitrogens is 1. The van der Waals surface area contributed by atoms with E-state index in [4.69, 9.17) is 10.2 Å². The summed E-state index contributed by atoms with van der Waals surface area (Å²) in [7, 11) is 0. The molecule has 2 heterocycles. The van der Waals surface area contributed by atoms with E-state index in [1.165, 1.54) is 19.3 Å². The van der Waals surface area contributed by atoms with Gasteiger partial charge in [-0.25, -0.2) is 0 Å². The van der Waals surface area contributed by atoms with Gasteiger partial charge in [0.15, 0.2) is 0 Å². The molecule has 3 nitrogen and oxygen atoms in total. The molecule has 0 atom stereocenters. The maximum Gasteiger partial charge on any atom is 0.137 e. The molecule has 0 saturated heterocycles. The lowest BCUT2D eigenvalue weighted by molar-refractivity contribution is 0.302. The largest absolute Gasteiger partial charge is 0.464 e. The predicted octanol–water partition coefficient (Wildman–Crippen LogP) is 2.95. The zero-order valence-corrected chi connectivity index (χ0v) is 9.28. The van der Waals surface area contributed by atoms with Crippen LogP contribution in [0, 0.1) is 0 Å². The molecular weight excluding hydrogens is 200 g/mol. The Morgan fingerprint density at radius 3 is 2.88 bits per heavy atom. The van der Waals surface area contributed by atoms with E-state index in [0.29, 0.717) is 0 Å². The molecule has 0 amide bonds. The van der Waals surface area contributed by atoms with Crippen molar-refractivity contribution < 1.29 is 4.42 Å². The van der Waals surface area contributed by atoms with Gasteiger partial charge in [0.2, 0.25) is 0 Å². The van der Waals surface area contributed by atoms with E-state index < -0.39 is 0 Å². The van der Waals surface area contributed by atoms with Crippen LogP contribution in [0.3, 0.4) is 0 Å². The highest BCUT2D eigenvalue weighted by Gasteiger charge is 2.32. The third kappa shape index (κ3) is 1.43. The molecule has 0 unspecified atom stereocenters. The van der Waals surface area contributed by atoms with Crippen LogP contribution in [-0.4, -0.2) is 4.98 Å². The summed E-state index contributed by atoms with van der Waals surface area (Å²) in [5.74, 6) is 0. The molecule has 0 aromatic carbocycles. The summed E-state index contributed by atoms with van der Waals surface area (Å²) in [5, 5.41) is 1.08. The van der Waals surface area contributed by atoms with Crippen molar-refractivity contribution in [1.82, 2.24) is 4.98 Å². The van der Waals surface area contributed by atoms with Crippen molar-refractivity contribution in [3.8, 4) is 0 Å². The highest BCUT2D eigenvalue weighted by Crippen LogP contribution is 2.38. The van der Waals surface area contributed by atoms with Gasteiger partial charge < -0.3 is 10.2 Å². The zero-order chi connectivity index (χ0) is 11.0. The fourth-order valence-electron chi connectivity index (χ4n) is 2.71. The average Bonchev–Trinajstić information content (AvgIpc) is 2.74. The van der Waals surface area contributed by atoms with Crippen molar-refractivity contribution >= 4 is 11.0 Å². The highest BCUT2D eigenvalue weighted by atomic mass is 16.3. The number of fused-ring (bicyclic) bond motifs is 1. The molecule has 84 valence electrons. The molecule has 0 bridgehead atoms. The fraction of sp³-hybridized carbons (Fsp3) is 0.462. The first kappa shape index (κ1) is 9.85. The summed E-state index contributed by atoms with van der Waals surface area (Å²) in [5.41, 5.74) is 8.33. The van der Waals surface area contributed by atoms with E-state index in [1.54, 1.807) is 6.20 Å². The van der Waals surface area contributed by atoms with Crippen LogP contribution in [0.1, 0.15) is 37.7 Å². The first-order valence-electron chi connectivity index (χ1n) is 5.90. The maximum absolute atomic E-state index is 6.50. The quantitative estimate of drug-likeness (QED) is 0.797. The molecule has 2 aromatic heterocycles. The average molecular weight is 216 g/mol. The molecule has 0 radical (unpaired) electrons. The van der Waals surface area contributed by atoms with Gasteiger partial charge in [-0.15, -0.1) is 0 Å². The van der Waals surface area contributed by atoms with Crippen LogP contribution in [0.4, 0.5) is 0 Å². The van der Waals surface area contributed by atoms with Crippen molar-refractivity contribution in [3.05, 3.63) is 30.3 Å². The summed E-state index contributed by atoms with van der Waals surface area (Å²) >= 11 is 0. The maximum atomic E-state index is 6.50. The van der Waals surface area contributed by atoms with Gasteiger partial charge in [0, 0.05) is 28.9 Å². The summed E-state index contributed by atoms with van der Waals surface area (Å²) in [6.45, 7) is 0. The van der Waals surface area contributed by atoms with E-state index in [2.05, 4.69) is 4.98 Å². The Labute approximate surface area is 94.7 Å². The van der Waals surface area contributed by atoms with E-state index in [1.807, 2.05) is 18.5 Å². The molecule has 1 saturated carbocycles. The lowest BCUT2D eigenvalue weighted by Crippen LogP contribution is -2.38. The second-order valence-corrected chi connectivity index (χ2v) is 4.74. The first-order valence-corrected chi connectivity index (χ1v) is 5.90. The van der Waals surface area contributed by atoms with Crippen LogP contribution >= 0.6 is 0 Å². The lowest BCUT2D eigenvalue weighted by Gasteiger charge is -2.32. The molecule has 0 spiro atoms. The zero-order valence-electron chi connectivity index (χ0n) is 9.28. The normalized spacial score (nSPS) is 20.1. The molecule has 0 aliphatic heterocycles. The number of nitrogens with zero attached hydrogens (tertiary/aromatic N) is 1. The Hall–Kier alpha value is -1.35. The van der Waals surface area contributed by atoms with E-state index >= 15 is 0 Å². The van der Waals surface area contributed by atoms with Gasteiger partial charge in [0.25, 0.3) is 0 Å². The number of rotatable bonds is 1. The lowest BCUT2D eigenvalue weighted by atomic mass is 9.77. The van der Waals surface area contributed by atoms with Crippen molar-refractivity contribution in [3.63, 3.8) is 0 Å². The molecule has 16 heavy (non-hydrogen) atoms. The number of hydrogen-bond donors (Lipinski definition) is 1. The standard InChI is InChI=1S/C13H16N2O/c14-13(5-2-1-3-6-13)11-9-16-12-4-7-15-8-10(11)12/h4,7-9H,1-3,5-6,14H2. The van der Waals surface area contributed by atoms with Gasteiger partial charge in [0.05, 0.1) is 6.26 Å². The summed E-state index contributed by atoms with van der Waals surface area (Å²) in [4.78, 5) is 4.16. The Bertz CT molecular complexity index is 497. The van der Waals surface area contributed by atoms with Gasteiger partial charge in [-0.3, -0.25) is 4.98 Å². The Morgan fingerprint density at radius 1 is 1.25 bits per heavy atom. The number of nitrogens with two attached hydrogens (primary N) is 1. The van der Waals surface area contributed by atoms with Gasteiger partial charge in [-0.05, 0) is 18.9 Å². The van der Waals surface area contributed by atoms with E-state index in [0.717, 1.165) is 29.4 Å². The van der Waals surface area contributed by atoms with Crippen LogP contribution in [0.5, 0.6) is 0 Å². The predicted molar refractivity (Wildman–Crippen MR) is 63.0 cm³/mol. The molecule has 2 N–H and O–H groups in total. The molecule has 2 aromatic rings. The molecule has 1 aliphatic carbocycles. The van der Waals surface area contributed by atoms with Crippen LogP contribution in [-0.2, 0) is 5.54 Å². The SMILES string of the molecule is NC1(c2coc3ccncc23)CCCCC1. The minimum absolute atomic E-state index is 0.202. The van der Waals surface area contributed by atoms with Crippen LogP contribution in [0.15, 0.2) is 29.1 Å². The van der Waals surface area contributed by atoms with E-state index in [-0.39, 0.29) is 5.54 Å². The third-order valence-corrected chi connectivity index (χ3v) is 3.66. The first-order chi connectivity index (χ1) is 7.80. The minimum atomic E-state index is -0.202. The second-order valence-electron chi connectivity index (χ2n) is 4.74. The highest BCUT2D eigenvalue weighted by molar-refractivity contribution is 5.80. The fourth-order valence-corrected chi connectivity index (χ4v) is 2.71. The minimum Gasteiger partial charge on any atom is -0.464 e. The van der Waals surface area contributed by atoms with Gasteiger partial charge in [0.1, 0.15) is 5.58 Å². The molecular formula is C13H16N2O. The summed E-state index contributed by atoms with van der Waals surface area (Å²) in [6, 6.07) is 1.89. The van der Waals surface area contributed by atoms with Crippen LogP contribution in [0.2, 0.25) is 0 Å². The third-order valence-electron chi connectivity index (χ3n) is 3.66. The topological polar surface area (TPSA) is 52.0 Å². The van der Waals surface area contributed by atoms with Gasteiger partial charge in [-0.2, -0.15) is 0 Å². The van der Waals surface area contributed by atoms with Crippen molar-refractivity contribution in [2.24, 2.45) is 5.73 Å². The summed E-state index contributed by atoms with van der Waals surface area (Å²) in [6.07, 6.45) is 11.3. The molecule has 1 fully saturated rings. The van der Waals surface area contributed by atoms with Crippen LogP contribution in [0.25, 0.3) is 11.0 Å². The molecule has 3 heteroatoms. The van der Waals surface area contributed by atoms with Crippen molar-refractivity contribution in [2.45, 2.75) is 37.6 Å². The van der Waals surface area contributed by atoms with Gasteiger partial charge >= 0.3 is 0 Å². The monoisotopic (exact) mass is 216 g/mol. The van der Waals surface area contributed by atoms with Crippen molar-refractivity contribution in [1.29, 1.82) is 0 Å². The Kier molecular flexibility index (Phi) is 2.21. The van der Waals surface area contributed by atoms with Crippen LogP contribution < -0.4 is 5.73 Å². The second kappa shape index (κ2) is 3.59. The Balaban J connectivity index is 2.11. The molecule has 3 rings (SSSR count). The van der Waals surface area contributed by atoms with E-state index in [9.17, 15) is 0 Å². The summed E-state index contributed by atoms with van der Waals surface area (Å²) < 4.78 is 5.55. The Morgan fingerprint density at radius 2 is 2.06 bits per heavy atom. The van der Waals surface area contributed by atoms with Gasteiger partial charge in [-0.1, -0.05) is 19.3 Å². The molecule has 1 aliphatic rings. The van der Waals surface area contributed by atoms with Crippen molar-refractivity contribution in [2.75, 3.05) is 0 Å². The number of hydrogen-bond acceptors (Lipinski definition) is 3. The smallest absolute Gasteiger partial charge is 0.137 e. The number of pyridine rings is 1. The number of furan rings is 1.